The summed E-state index contributed by atoms with van der Waals surface area (Å²) in [6.07, 6.45) is 6.06. The van der Waals surface area contributed by atoms with Gasteiger partial charge in [0.1, 0.15) is 6.33 Å². The molecule has 0 aliphatic carbocycles. The van der Waals surface area contributed by atoms with Crippen LogP contribution in [0.5, 0.6) is 0 Å². The molecule has 0 radical (unpaired) electrons. The van der Waals surface area contributed by atoms with Gasteiger partial charge in [0, 0.05) is 12.7 Å². The van der Waals surface area contributed by atoms with Crippen molar-refractivity contribution >= 4 is 0 Å². The van der Waals surface area contributed by atoms with Gasteiger partial charge in [-0.2, -0.15) is 0 Å². The Labute approximate surface area is 84.3 Å². The standard InChI is InChI=1S/C10H16N4/c1-2-3-5-13-10(7-11)9-4-6-12-8-14-9/h2,4,6,8,10,13H,1,3,5,7,11H2. The number of hydrogen-bond donors (Lipinski definition) is 2. The SMILES string of the molecule is C=CCCNC(CN)c1ccncn1. The van der Waals surface area contributed by atoms with E-state index in [0.717, 1.165) is 18.7 Å². The lowest BCUT2D eigenvalue weighted by Gasteiger charge is -2.14. The molecule has 0 spiro atoms. The van der Waals surface area contributed by atoms with Crippen LogP contribution in [0.2, 0.25) is 0 Å². The summed E-state index contributed by atoms with van der Waals surface area (Å²) in [5.74, 6) is 0. The molecule has 1 heterocycles. The molecule has 0 aliphatic rings. The largest absolute Gasteiger partial charge is 0.329 e. The highest BCUT2D eigenvalue weighted by Crippen LogP contribution is 2.05. The Morgan fingerprint density at radius 1 is 1.64 bits per heavy atom. The second-order valence-electron chi connectivity index (χ2n) is 2.95. The average molecular weight is 192 g/mol. The number of aromatic nitrogens is 2. The second kappa shape index (κ2) is 6.23. The van der Waals surface area contributed by atoms with E-state index in [1.165, 1.54) is 6.33 Å². The number of nitrogens with one attached hydrogen (secondary N) is 1. The zero-order valence-electron chi connectivity index (χ0n) is 8.19. The highest BCUT2D eigenvalue weighted by atomic mass is 15.0. The minimum atomic E-state index is 0.109. The molecule has 0 bridgehead atoms. The Morgan fingerprint density at radius 2 is 2.50 bits per heavy atom. The highest BCUT2D eigenvalue weighted by molar-refractivity contribution is 5.05. The lowest BCUT2D eigenvalue weighted by molar-refractivity contribution is 0.535. The van der Waals surface area contributed by atoms with Crippen LogP contribution in [0.3, 0.4) is 0 Å². The molecule has 0 fully saturated rings. The fourth-order valence-corrected chi connectivity index (χ4v) is 1.18. The van der Waals surface area contributed by atoms with Crippen LogP contribution >= 0.6 is 0 Å². The quantitative estimate of drug-likeness (QED) is 0.513. The molecule has 1 rings (SSSR count). The molecule has 4 heteroatoms. The van der Waals surface area contributed by atoms with E-state index in [4.69, 9.17) is 5.73 Å². The predicted octanol–water partition coefficient (Wildman–Crippen LogP) is 0.642. The third-order valence-corrected chi connectivity index (χ3v) is 1.94. The Morgan fingerprint density at radius 3 is 3.07 bits per heavy atom. The van der Waals surface area contributed by atoms with Gasteiger partial charge >= 0.3 is 0 Å². The molecular weight excluding hydrogens is 176 g/mol. The lowest BCUT2D eigenvalue weighted by Crippen LogP contribution is -2.29. The second-order valence-corrected chi connectivity index (χ2v) is 2.95. The van der Waals surface area contributed by atoms with Gasteiger partial charge in [0.15, 0.2) is 0 Å². The topological polar surface area (TPSA) is 63.8 Å². The molecule has 0 amide bonds. The van der Waals surface area contributed by atoms with Crippen LogP contribution in [0.15, 0.2) is 31.2 Å². The van der Waals surface area contributed by atoms with Crippen LogP contribution in [0.25, 0.3) is 0 Å². The lowest BCUT2D eigenvalue weighted by atomic mass is 10.2. The summed E-state index contributed by atoms with van der Waals surface area (Å²) in [5.41, 5.74) is 6.57. The van der Waals surface area contributed by atoms with E-state index < -0.39 is 0 Å². The van der Waals surface area contributed by atoms with Crippen molar-refractivity contribution in [3.8, 4) is 0 Å². The number of rotatable bonds is 6. The molecule has 3 N–H and O–H groups in total. The van der Waals surface area contributed by atoms with Gasteiger partial charge in [0.05, 0.1) is 11.7 Å². The van der Waals surface area contributed by atoms with E-state index in [1.807, 2.05) is 12.1 Å². The van der Waals surface area contributed by atoms with Crippen LogP contribution in [0, 0.1) is 0 Å². The molecule has 1 unspecified atom stereocenters. The van der Waals surface area contributed by atoms with Crippen molar-refractivity contribution in [2.45, 2.75) is 12.5 Å². The minimum Gasteiger partial charge on any atom is -0.329 e. The van der Waals surface area contributed by atoms with Crippen molar-refractivity contribution in [2.24, 2.45) is 5.73 Å². The first-order valence-corrected chi connectivity index (χ1v) is 4.68. The smallest absolute Gasteiger partial charge is 0.115 e. The maximum absolute atomic E-state index is 5.64. The average Bonchev–Trinajstić information content (AvgIpc) is 2.26. The van der Waals surface area contributed by atoms with Crippen molar-refractivity contribution in [3.63, 3.8) is 0 Å². The van der Waals surface area contributed by atoms with E-state index >= 15 is 0 Å². The molecule has 4 nitrogen and oxygen atoms in total. The van der Waals surface area contributed by atoms with Crippen LogP contribution in [-0.4, -0.2) is 23.1 Å². The summed E-state index contributed by atoms with van der Waals surface area (Å²) in [7, 11) is 0. The van der Waals surface area contributed by atoms with Crippen molar-refractivity contribution in [1.29, 1.82) is 0 Å². The number of nitrogens with two attached hydrogens (primary N) is 1. The van der Waals surface area contributed by atoms with Crippen LogP contribution in [0.1, 0.15) is 18.2 Å². The third-order valence-electron chi connectivity index (χ3n) is 1.94. The first kappa shape index (κ1) is 10.8. The molecular formula is C10H16N4. The van der Waals surface area contributed by atoms with Crippen molar-refractivity contribution < 1.29 is 0 Å². The third kappa shape index (κ3) is 3.24. The van der Waals surface area contributed by atoms with E-state index in [9.17, 15) is 0 Å². The fraction of sp³-hybridized carbons (Fsp3) is 0.400. The number of hydrogen-bond acceptors (Lipinski definition) is 4. The van der Waals surface area contributed by atoms with Gasteiger partial charge in [0.25, 0.3) is 0 Å². The number of nitrogens with zero attached hydrogens (tertiary/aromatic N) is 2. The first-order chi connectivity index (χ1) is 6.88. The maximum atomic E-state index is 5.64. The van der Waals surface area contributed by atoms with Gasteiger partial charge in [-0.15, -0.1) is 6.58 Å². The van der Waals surface area contributed by atoms with Crippen LogP contribution in [0.4, 0.5) is 0 Å². The van der Waals surface area contributed by atoms with E-state index in [0.29, 0.717) is 6.54 Å². The molecule has 1 aromatic rings. The maximum Gasteiger partial charge on any atom is 0.115 e. The molecule has 0 saturated carbocycles. The molecule has 1 aromatic heterocycles. The molecule has 1 atom stereocenters. The van der Waals surface area contributed by atoms with Crippen LogP contribution < -0.4 is 11.1 Å². The normalized spacial score (nSPS) is 12.4. The summed E-state index contributed by atoms with van der Waals surface area (Å²) >= 11 is 0. The van der Waals surface area contributed by atoms with E-state index in [2.05, 4.69) is 21.9 Å². The monoisotopic (exact) mass is 192 g/mol. The zero-order chi connectivity index (χ0) is 10.2. The molecule has 0 saturated heterocycles. The Bertz CT molecular complexity index is 260. The summed E-state index contributed by atoms with van der Waals surface area (Å²) in [6.45, 7) is 5.07. The minimum absolute atomic E-state index is 0.109. The van der Waals surface area contributed by atoms with Gasteiger partial charge in [-0.25, -0.2) is 9.97 Å². The summed E-state index contributed by atoms with van der Waals surface area (Å²) in [4.78, 5) is 8.01. The predicted molar refractivity (Wildman–Crippen MR) is 56.6 cm³/mol. The van der Waals surface area contributed by atoms with Gasteiger partial charge in [-0.3, -0.25) is 0 Å². The van der Waals surface area contributed by atoms with Crippen molar-refractivity contribution in [1.82, 2.24) is 15.3 Å². The van der Waals surface area contributed by atoms with Gasteiger partial charge in [-0.1, -0.05) is 6.08 Å². The van der Waals surface area contributed by atoms with Crippen molar-refractivity contribution in [3.05, 3.63) is 36.9 Å². The van der Waals surface area contributed by atoms with Gasteiger partial charge in [0.2, 0.25) is 0 Å². The van der Waals surface area contributed by atoms with E-state index in [-0.39, 0.29) is 6.04 Å². The Balaban J connectivity index is 2.50. The van der Waals surface area contributed by atoms with Gasteiger partial charge < -0.3 is 11.1 Å². The van der Waals surface area contributed by atoms with Crippen LogP contribution in [-0.2, 0) is 0 Å². The van der Waals surface area contributed by atoms with E-state index in [1.54, 1.807) is 6.20 Å². The summed E-state index contributed by atoms with van der Waals surface area (Å²) in [5, 5.41) is 3.30. The summed E-state index contributed by atoms with van der Waals surface area (Å²) in [6, 6.07) is 1.98. The van der Waals surface area contributed by atoms with Gasteiger partial charge in [-0.05, 0) is 19.0 Å². The molecule has 0 aromatic carbocycles. The first-order valence-electron chi connectivity index (χ1n) is 4.68. The summed E-state index contributed by atoms with van der Waals surface area (Å²) < 4.78 is 0. The fourth-order valence-electron chi connectivity index (χ4n) is 1.18. The highest BCUT2D eigenvalue weighted by Gasteiger charge is 2.08. The molecule has 0 aliphatic heterocycles. The molecule has 14 heavy (non-hydrogen) atoms. The zero-order valence-corrected chi connectivity index (χ0v) is 8.19. The Hall–Kier alpha value is -1.26. The molecule has 76 valence electrons. The van der Waals surface area contributed by atoms with Crippen molar-refractivity contribution in [2.75, 3.05) is 13.1 Å². The Kier molecular flexibility index (Phi) is 4.82.